The van der Waals surface area contributed by atoms with Crippen LogP contribution in [0.1, 0.15) is 36.9 Å². The molecule has 1 aromatic heterocycles. The van der Waals surface area contributed by atoms with Gasteiger partial charge in [0.1, 0.15) is 0 Å². The SMILES string of the molecule is CCc1nn(CC)c(CC(O)c2ccc(N)cc2)c1Br. The first-order valence-electron chi connectivity index (χ1n) is 6.84. The minimum atomic E-state index is -0.557. The fraction of sp³-hybridized carbons (Fsp3) is 0.400. The van der Waals surface area contributed by atoms with Gasteiger partial charge in [0.05, 0.1) is 22.0 Å². The summed E-state index contributed by atoms with van der Waals surface area (Å²) >= 11 is 3.60. The number of aryl methyl sites for hydroxylation is 2. The standard InChI is InChI=1S/C15H20BrN3O/c1-3-12-15(16)13(19(4-2)18-12)9-14(20)10-5-7-11(17)8-6-10/h5-8,14,20H,3-4,9,17H2,1-2H3. The Morgan fingerprint density at radius 3 is 2.50 bits per heavy atom. The average molecular weight is 338 g/mol. The van der Waals surface area contributed by atoms with E-state index >= 15 is 0 Å². The van der Waals surface area contributed by atoms with E-state index in [-0.39, 0.29) is 0 Å². The van der Waals surface area contributed by atoms with Gasteiger partial charge in [-0.2, -0.15) is 5.10 Å². The number of rotatable bonds is 5. The summed E-state index contributed by atoms with van der Waals surface area (Å²) in [6.07, 6.45) is 0.850. The fourth-order valence-electron chi connectivity index (χ4n) is 2.23. The zero-order chi connectivity index (χ0) is 14.7. The largest absolute Gasteiger partial charge is 0.399 e. The predicted octanol–water partition coefficient (Wildman–Crippen LogP) is 3.09. The van der Waals surface area contributed by atoms with Gasteiger partial charge in [0.2, 0.25) is 0 Å². The van der Waals surface area contributed by atoms with Gasteiger partial charge in [0.15, 0.2) is 0 Å². The maximum absolute atomic E-state index is 10.4. The number of nitrogen functional groups attached to an aromatic ring is 1. The van der Waals surface area contributed by atoms with Crippen LogP contribution in [0.25, 0.3) is 0 Å². The van der Waals surface area contributed by atoms with Crippen molar-refractivity contribution in [1.82, 2.24) is 9.78 Å². The van der Waals surface area contributed by atoms with Crippen LogP contribution >= 0.6 is 15.9 Å². The van der Waals surface area contributed by atoms with E-state index in [1.807, 2.05) is 28.9 Å². The smallest absolute Gasteiger partial charge is 0.0845 e. The van der Waals surface area contributed by atoms with Crippen LogP contribution in [-0.2, 0) is 19.4 Å². The highest BCUT2D eigenvalue weighted by molar-refractivity contribution is 9.10. The van der Waals surface area contributed by atoms with Gasteiger partial charge < -0.3 is 10.8 Å². The van der Waals surface area contributed by atoms with Gasteiger partial charge in [0.25, 0.3) is 0 Å². The molecule has 1 unspecified atom stereocenters. The van der Waals surface area contributed by atoms with Gasteiger partial charge in [-0.1, -0.05) is 19.1 Å². The normalized spacial score (nSPS) is 12.6. The molecule has 2 aromatic rings. The molecule has 0 spiro atoms. The summed E-state index contributed by atoms with van der Waals surface area (Å²) in [6, 6.07) is 7.34. The molecule has 0 radical (unpaired) electrons. The van der Waals surface area contributed by atoms with Crippen molar-refractivity contribution in [2.75, 3.05) is 5.73 Å². The number of hydrogen-bond acceptors (Lipinski definition) is 3. The highest BCUT2D eigenvalue weighted by Gasteiger charge is 2.18. The molecule has 4 nitrogen and oxygen atoms in total. The van der Waals surface area contributed by atoms with Gasteiger partial charge in [0, 0.05) is 18.7 Å². The van der Waals surface area contributed by atoms with Crippen LogP contribution in [-0.4, -0.2) is 14.9 Å². The lowest BCUT2D eigenvalue weighted by Crippen LogP contribution is -2.09. The van der Waals surface area contributed by atoms with E-state index in [0.717, 1.165) is 34.4 Å². The Kier molecular flexibility index (Phi) is 4.83. The Balaban J connectivity index is 2.25. The third-order valence-corrected chi connectivity index (χ3v) is 4.32. The molecule has 0 aliphatic heterocycles. The molecule has 0 bridgehead atoms. The van der Waals surface area contributed by atoms with Gasteiger partial charge in [-0.3, -0.25) is 4.68 Å². The molecular formula is C15H20BrN3O. The summed E-state index contributed by atoms with van der Waals surface area (Å²) in [4.78, 5) is 0. The van der Waals surface area contributed by atoms with E-state index < -0.39 is 6.10 Å². The zero-order valence-electron chi connectivity index (χ0n) is 11.8. The molecule has 0 aliphatic carbocycles. The van der Waals surface area contributed by atoms with E-state index in [2.05, 4.69) is 34.9 Å². The number of anilines is 1. The number of nitrogens with two attached hydrogens (primary N) is 1. The first kappa shape index (κ1) is 15.1. The van der Waals surface area contributed by atoms with Crippen molar-refractivity contribution < 1.29 is 5.11 Å². The number of hydrogen-bond donors (Lipinski definition) is 2. The van der Waals surface area contributed by atoms with E-state index in [0.29, 0.717) is 12.1 Å². The van der Waals surface area contributed by atoms with Gasteiger partial charge in [-0.25, -0.2) is 0 Å². The Bertz CT molecular complexity index is 578. The number of halogens is 1. The van der Waals surface area contributed by atoms with Crippen molar-refractivity contribution in [3.05, 3.63) is 45.7 Å². The van der Waals surface area contributed by atoms with Crippen LogP contribution in [0.4, 0.5) is 5.69 Å². The quantitative estimate of drug-likeness (QED) is 0.824. The first-order chi connectivity index (χ1) is 9.56. The number of aliphatic hydroxyl groups excluding tert-OH is 1. The molecule has 0 aliphatic rings. The van der Waals surface area contributed by atoms with Crippen LogP contribution in [0.5, 0.6) is 0 Å². The van der Waals surface area contributed by atoms with Crippen molar-refractivity contribution in [3.8, 4) is 0 Å². The molecule has 20 heavy (non-hydrogen) atoms. The van der Waals surface area contributed by atoms with Crippen molar-refractivity contribution in [2.45, 2.75) is 39.3 Å². The zero-order valence-corrected chi connectivity index (χ0v) is 13.4. The fourth-order valence-corrected chi connectivity index (χ4v) is 2.96. The number of aromatic nitrogens is 2. The highest BCUT2D eigenvalue weighted by Crippen LogP contribution is 2.27. The second-order valence-electron chi connectivity index (χ2n) is 4.76. The average Bonchev–Trinajstić information content (AvgIpc) is 2.76. The third kappa shape index (κ3) is 3.04. The predicted molar refractivity (Wildman–Crippen MR) is 84.5 cm³/mol. The topological polar surface area (TPSA) is 64.1 Å². The second-order valence-corrected chi connectivity index (χ2v) is 5.56. The molecule has 3 N–H and O–H groups in total. The van der Waals surface area contributed by atoms with Crippen LogP contribution < -0.4 is 5.73 Å². The summed E-state index contributed by atoms with van der Waals surface area (Å²) in [6.45, 7) is 4.92. The van der Waals surface area contributed by atoms with Crippen molar-refractivity contribution in [3.63, 3.8) is 0 Å². The lowest BCUT2D eigenvalue weighted by Gasteiger charge is -2.13. The number of nitrogens with zero attached hydrogens (tertiary/aromatic N) is 2. The molecule has 0 fully saturated rings. The lowest BCUT2D eigenvalue weighted by molar-refractivity contribution is 0.175. The van der Waals surface area contributed by atoms with Crippen molar-refractivity contribution >= 4 is 21.6 Å². The maximum atomic E-state index is 10.4. The van der Waals surface area contributed by atoms with E-state index in [1.54, 1.807) is 0 Å². The Hall–Kier alpha value is -1.33. The van der Waals surface area contributed by atoms with Crippen LogP contribution in [0.2, 0.25) is 0 Å². The minimum Gasteiger partial charge on any atom is -0.399 e. The lowest BCUT2D eigenvalue weighted by atomic mass is 10.0. The molecule has 0 saturated carbocycles. The number of aliphatic hydroxyl groups is 1. The number of benzene rings is 1. The van der Waals surface area contributed by atoms with E-state index in [1.165, 1.54) is 0 Å². The maximum Gasteiger partial charge on any atom is 0.0845 e. The molecule has 1 heterocycles. The molecular weight excluding hydrogens is 318 g/mol. The summed E-state index contributed by atoms with van der Waals surface area (Å²) in [5.41, 5.74) is 9.31. The van der Waals surface area contributed by atoms with E-state index in [9.17, 15) is 5.11 Å². The molecule has 1 aromatic carbocycles. The highest BCUT2D eigenvalue weighted by atomic mass is 79.9. The molecule has 1 atom stereocenters. The summed E-state index contributed by atoms with van der Waals surface area (Å²) < 4.78 is 2.96. The second kappa shape index (κ2) is 6.41. The van der Waals surface area contributed by atoms with Gasteiger partial charge in [-0.15, -0.1) is 0 Å². The Morgan fingerprint density at radius 1 is 1.30 bits per heavy atom. The Morgan fingerprint density at radius 2 is 1.95 bits per heavy atom. The monoisotopic (exact) mass is 337 g/mol. The molecule has 5 heteroatoms. The van der Waals surface area contributed by atoms with Gasteiger partial charge >= 0.3 is 0 Å². The third-order valence-electron chi connectivity index (χ3n) is 3.40. The summed E-state index contributed by atoms with van der Waals surface area (Å²) in [5.74, 6) is 0. The summed E-state index contributed by atoms with van der Waals surface area (Å²) in [7, 11) is 0. The summed E-state index contributed by atoms with van der Waals surface area (Å²) in [5, 5.41) is 14.9. The van der Waals surface area contributed by atoms with Crippen molar-refractivity contribution in [2.24, 2.45) is 0 Å². The van der Waals surface area contributed by atoms with E-state index in [4.69, 9.17) is 5.73 Å². The molecule has 0 amide bonds. The van der Waals surface area contributed by atoms with Crippen LogP contribution in [0.15, 0.2) is 28.7 Å². The van der Waals surface area contributed by atoms with Crippen molar-refractivity contribution in [1.29, 1.82) is 0 Å². The molecule has 2 rings (SSSR count). The van der Waals surface area contributed by atoms with Crippen LogP contribution in [0, 0.1) is 0 Å². The Labute approximate surface area is 127 Å². The van der Waals surface area contributed by atoms with Gasteiger partial charge in [-0.05, 0) is 47.0 Å². The molecule has 108 valence electrons. The van der Waals surface area contributed by atoms with Crippen LogP contribution in [0.3, 0.4) is 0 Å². The first-order valence-corrected chi connectivity index (χ1v) is 7.63. The molecule has 0 saturated heterocycles. The minimum absolute atomic E-state index is 0.533.